The fourth-order valence-electron chi connectivity index (χ4n) is 6.04. The quantitative estimate of drug-likeness (QED) is 0.272. The Labute approximate surface area is 240 Å². The minimum atomic E-state index is -1.16. The molecule has 0 radical (unpaired) electrons. The molecule has 8 heteroatoms. The summed E-state index contributed by atoms with van der Waals surface area (Å²) in [5, 5.41) is 0. The summed E-state index contributed by atoms with van der Waals surface area (Å²) in [7, 11) is 0. The molecule has 2 fully saturated rings. The third-order valence-corrected chi connectivity index (χ3v) is 7.97. The largest absolute Gasteiger partial charge is 0.466 e. The van der Waals surface area contributed by atoms with Crippen molar-refractivity contribution in [2.24, 2.45) is 5.41 Å². The number of hydrogen-bond acceptors (Lipinski definition) is 7. The molecule has 2 aliphatic rings. The van der Waals surface area contributed by atoms with Crippen molar-refractivity contribution in [2.45, 2.75) is 51.6 Å². The fraction of sp³-hybridized carbons (Fsp3) is 0.364. The molecule has 214 valence electrons. The minimum absolute atomic E-state index is 0.107. The average Bonchev–Trinajstić information content (AvgIpc) is 3.00. The van der Waals surface area contributed by atoms with E-state index in [9.17, 15) is 14.4 Å². The summed E-state index contributed by atoms with van der Waals surface area (Å²) in [5.74, 6) is -0.891. The minimum Gasteiger partial charge on any atom is -0.466 e. The molecular formula is C33H36N2O6. The van der Waals surface area contributed by atoms with E-state index in [1.165, 1.54) is 0 Å². The summed E-state index contributed by atoms with van der Waals surface area (Å²) < 4.78 is 17.1. The number of fused-ring (bicyclic) bond motifs is 2. The highest BCUT2D eigenvalue weighted by Gasteiger charge is 2.61. The van der Waals surface area contributed by atoms with Crippen LogP contribution in [0.15, 0.2) is 91.0 Å². The van der Waals surface area contributed by atoms with Gasteiger partial charge in [-0.3, -0.25) is 14.5 Å². The van der Waals surface area contributed by atoms with Crippen LogP contribution in [0.1, 0.15) is 36.5 Å². The zero-order valence-electron chi connectivity index (χ0n) is 23.3. The lowest BCUT2D eigenvalue weighted by molar-refractivity contribution is -0.186. The smallest absolute Gasteiger partial charge is 0.410 e. The van der Waals surface area contributed by atoms with Crippen LogP contribution in [0.2, 0.25) is 0 Å². The highest BCUT2D eigenvalue weighted by atomic mass is 16.6. The van der Waals surface area contributed by atoms with Gasteiger partial charge in [0.1, 0.15) is 19.3 Å². The Balaban J connectivity index is 1.42. The summed E-state index contributed by atoms with van der Waals surface area (Å²) in [4.78, 5) is 44.6. The van der Waals surface area contributed by atoms with Crippen LogP contribution in [0.5, 0.6) is 0 Å². The van der Waals surface area contributed by atoms with Gasteiger partial charge in [-0.2, -0.15) is 0 Å². The van der Waals surface area contributed by atoms with Gasteiger partial charge in [-0.05, 0) is 36.5 Å². The Morgan fingerprint density at radius 3 is 1.93 bits per heavy atom. The van der Waals surface area contributed by atoms with Crippen molar-refractivity contribution in [3.05, 3.63) is 108 Å². The molecule has 41 heavy (non-hydrogen) atoms. The summed E-state index contributed by atoms with van der Waals surface area (Å²) in [5.41, 5.74) is 1.60. The molecule has 2 aliphatic heterocycles. The number of benzene rings is 3. The van der Waals surface area contributed by atoms with E-state index in [0.29, 0.717) is 19.5 Å². The molecule has 3 atom stereocenters. The molecule has 0 aliphatic carbocycles. The van der Waals surface area contributed by atoms with Gasteiger partial charge >= 0.3 is 18.0 Å². The number of esters is 2. The molecule has 0 aromatic heterocycles. The standard InChI is InChI=1S/C33H36N2O6/c1-2-39-31(37)33-18-19-35(32(38)41-24-27-16-10-5-11-17-27)28(20-33)22-34(21-25-12-6-3-7-13-25)29(33)30(36)40-23-26-14-8-4-9-15-26/h3-17,28-29H,2,18-24H2,1H3. The monoisotopic (exact) mass is 556 g/mol. The maximum atomic E-state index is 13.9. The second-order valence-electron chi connectivity index (χ2n) is 10.6. The number of amides is 1. The number of carbonyl (C=O) groups is 3. The number of rotatable bonds is 9. The third kappa shape index (κ3) is 6.43. The van der Waals surface area contributed by atoms with Crippen LogP contribution < -0.4 is 0 Å². The zero-order chi connectivity index (χ0) is 28.7. The number of likely N-dealkylation sites (tertiary alicyclic amines) is 2. The summed E-state index contributed by atoms with van der Waals surface area (Å²) >= 11 is 0. The van der Waals surface area contributed by atoms with Crippen LogP contribution in [0.3, 0.4) is 0 Å². The topological polar surface area (TPSA) is 85.4 Å². The first-order valence-electron chi connectivity index (χ1n) is 14.1. The van der Waals surface area contributed by atoms with E-state index in [1.807, 2.05) is 95.9 Å². The summed E-state index contributed by atoms with van der Waals surface area (Å²) in [6.07, 6.45) is 0.128. The lowest BCUT2D eigenvalue weighted by Crippen LogP contribution is -2.69. The SMILES string of the molecule is CCOC(=O)C12CCN(C(=O)OCc3ccccc3)C(CN(Cc3ccccc3)C1C(=O)OCc1ccccc1)C2. The van der Waals surface area contributed by atoms with Crippen molar-refractivity contribution >= 4 is 18.0 Å². The second-order valence-corrected chi connectivity index (χ2v) is 10.6. The molecule has 3 unspecified atom stereocenters. The molecule has 0 spiro atoms. The molecule has 2 heterocycles. The van der Waals surface area contributed by atoms with Gasteiger partial charge in [0.2, 0.25) is 0 Å². The molecule has 2 saturated heterocycles. The van der Waals surface area contributed by atoms with Gasteiger partial charge < -0.3 is 19.1 Å². The normalized spacial score (nSPS) is 22.0. The maximum absolute atomic E-state index is 13.9. The molecule has 2 bridgehead atoms. The molecular weight excluding hydrogens is 520 g/mol. The van der Waals surface area contributed by atoms with E-state index in [-0.39, 0.29) is 38.8 Å². The Bertz CT molecular complexity index is 1320. The van der Waals surface area contributed by atoms with Crippen molar-refractivity contribution in [3.8, 4) is 0 Å². The van der Waals surface area contributed by atoms with Gasteiger partial charge in [-0.15, -0.1) is 0 Å². The lowest BCUT2D eigenvalue weighted by Gasteiger charge is -2.55. The highest BCUT2D eigenvalue weighted by Crippen LogP contribution is 2.46. The van der Waals surface area contributed by atoms with E-state index in [0.717, 1.165) is 16.7 Å². The van der Waals surface area contributed by atoms with Crippen molar-refractivity contribution in [3.63, 3.8) is 0 Å². The molecule has 0 N–H and O–H groups in total. The average molecular weight is 557 g/mol. The van der Waals surface area contributed by atoms with Crippen LogP contribution in [-0.2, 0) is 43.6 Å². The van der Waals surface area contributed by atoms with Crippen molar-refractivity contribution in [2.75, 3.05) is 19.7 Å². The van der Waals surface area contributed by atoms with E-state index >= 15 is 0 Å². The van der Waals surface area contributed by atoms with E-state index in [1.54, 1.807) is 11.8 Å². The van der Waals surface area contributed by atoms with Crippen molar-refractivity contribution < 1.29 is 28.6 Å². The molecule has 5 rings (SSSR count). The van der Waals surface area contributed by atoms with Gasteiger partial charge in [-0.25, -0.2) is 4.79 Å². The van der Waals surface area contributed by atoms with Gasteiger partial charge in [-0.1, -0.05) is 91.0 Å². The maximum Gasteiger partial charge on any atom is 0.410 e. The van der Waals surface area contributed by atoms with Crippen LogP contribution in [0.4, 0.5) is 4.79 Å². The molecule has 0 saturated carbocycles. The molecule has 3 aromatic rings. The number of carbonyl (C=O) groups excluding carboxylic acids is 3. The van der Waals surface area contributed by atoms with Crippen LogP contribution in [0.25, 0.3) is 0 Å². The van der Waals surface area contributed by atoms with Crippen molar-refractivity contribution in [1.82, 2.24) is 9.80 Å². The number of ether oxygens (including phenoxy) is 3. The number of nitrogens with zero attached hydrogens (tertiary/aromatic N) is 2. The van der Waals surface area contributed by atoms with Crippen LogP contribution in [0, 0.1) is 5.41 Å². The first-order valence-corrected chi connectivity index (χ1v) is 14.1. The Morgan fingerprint density at radius 2 is 1.34 bits per heavy atom. The zero-order valence-corrected chi connectivity index (χ0v) is 23.3. The van der Waals surface area contributed by atoms with Gasteiger partial charge in [0.25, 0.3) is 0 Å². The molecule has 8 nitrogen and oxygen atoms in total. The highest BCUT2D eigenvalue weighted by molar-refractivity contribution is 5.89. The van der Waals surface area contributed by atoms with Gasteiger partial charge in [0.15, 0.2) is 0 Å². The second kappa shape index (κ2) is 13.0. The van der Waals surface area contributed by atoms with E-state index in [4.69, 9.17) is 14.2 Å². The molecule has 1 amide bonds. The Kier molecular flexibility index (Phi) is 8.99. The first kappa shape index (κ1) is 28.4. The predicted molar refractivity (Wildman–Crippen MR) is 152 cm³/mol. The summed E-state index contributed by atoms with van der Waals surface area (Å²) in [6.45, 7) is 3.30. The summed E-state index contributed by atoms with van der Waals surface area (Å²) in [6, 6.07) is 27.6. The molecule has 3 aromatic carbocycles. The van der Waals surface area contributed by atoms with Crippen LogP contribution in [-0.4, -0.2) is 59.6 Å². The number of hydrogen-bond donors (Lipinski definition) is 0. The predicted octanol–water partition coefficient (Wildman–Crippen LogP) is 4.96. The van der Waals surface area contributed by atoms with Crippen molar-refractivity contribution in [1.29, 1.82) is 0 Å². The first-order chi connectivity index (χ1) is 20.0. The Morgan fingerprint density at radius 1 is 0.780 bits per heavy atom. The number of piperidine rings is 2. The van der Waals surface area contributed by atoms with Gasteiger partial charge in [0, 0.05) is 25.7 Å². The Hall–Kier alpha value is -4.17. The van der Waals surface area contributed by atoms with E-state index in [2.05, 4.69) is 0 Å². The third-order valence-electron chi connectivity index (χ3n) is 7.97. The van der Waals surface area contributed by atoms with Gasteiger partial charge in [0.05, 0.1) is 12.0 Å². The lowest BCUT2D eigenvalue weighted by atomic mass is 9.66. The van der Waals surface area contributed by atoms with Crippen LogP contribution >= 0.6 is 0 Å². The fourth-order valence-corrected chi connectivity index (χ4v) is 6.04. The van der Waals surface area contributed by atoms with E-state index < -0.39 is 29.5 Å².